The van der Waals surface area contributed by atoms with Gasteiger partial charge in [0.15, 0.2) is 0 Å². The molecule has 2 atom stereocenters. The average Bonchev–Trinajstić information content (AvgIpc) is 3.35. The van der Waals surface area contributed by atoms with Crippen LogP contribution in [0.1, 0.15) is 36.1 Å². The van der Waals surface area contributed by atoms with Crippen molar-refractivity contribution in [3.8, 4) is 5.75 Å². The molecule has 0 unspecified atom stereocenters. The number of halogens is 1. The van der Waals surface area contributed by atoms with Crippen molar-refractivity contribution in [3.63, 3.8) is 0 Å². The molecule has 28 heavy (non-hydrogen) atoms. The Hall–Kier alpha value is -1.47. The van der Waals surface area contributed by atoms with E-state index in [1.165, 1.54) is 10.4 Å². The number of methoxy groups -OCH3 is 1. The topological polar surface area (TPSA) is 39.7 Å². The third-order valence-electron chi connectivity index (χ3n) is 6.16. The Balaban J connectivity index is 1.48. The molecule has 0 aliphatic carbocycles. The summed E-state index contributed by atoms with van der Waals surface area (Å²) in [6, 6.07) is 9.06. The van der Waals surface area contributed by atoms with E-state index >= 15 is 0 Å². The first-order valence-electron chi connectivity index (χ1n) is 9.94. The SMILES string of the molecule is COc1ccsc1CNCC[C@@]1(c2ccc(F)cc2)CCO[C@]2(CCOC2)C1. The van der Waals surface area contributed by atoms with Gasteiger partial charge in [-0.2, -0.15) is 0 Å². The maximum absolute atomic E-state index is 13.5. The Kier molecular flexibility index (Phi) is 6.01. The first-order chi connectivity index (χ1) is 13.6. The summed E-state index contributed by atoms with van der Waals surface area (Å²) in [6.45, 7) is 3.83. The van der Waals surface area contributed by atoms with E-state index in [4.69, 9.17) is 14.2 Å². The van der Waals surface area contributed by atoms with Crippen molar-refractivity contribution < 1.29 is 18.6 Å². The summed E-state index contributed by atoms with van der Waals surface area (Å²) in [5.41, 5.74) is 0.995. The summed E-state index contributed by atoms with van der Waals surface area (Å²) in [4.78, 5) is 1.21. The number of nitrogens with one attached hydrogen (secondary N) is 1. The highest BCUT2D eigenvalue weighted by Gasteiger charge is 2.48. The molecule has 152 valence electrons. The van der Waals surface area contributed by atoms with E-state index in [1.54, 1.807) is 30.6 Å². The molecule has 6 heteroatoms. The molecule has 2 fully saturated rings. The summed E-state index contributed by atoms with van der Waals surface area (Å²) in [5.74, 6) is 0.756. The summed E-state index contributed by atoms with van der Waals surface area (Å²) >= 11 is 1.71. The van der Waals surface area contributed by atoms with Crippen molar-refractivity contribution in [2.24, 2.45) is 0 Å². The van der Waals surface area contributed by atoms with Gasteiger partial charge in [-0.3, -0.25) is 0 Å². The van der Waals surface area contributed by atoms with Gasteiger partial charge in [0.2, 0.25) is 0 Å². The third kappa shape index (κ3) is 4.10. The Morgan fingerprint density at radius 1 is 1.18 bits per heavy atom. The van der Waals surface area contributed by atoms with Crippen LogP contribution >= 0.6 is 11.3 Å². The lowest BCUT2D eigenvalue weighted by molar-refractivity contribution is -0.108. The van der Waals surface area contributed by atoms with E-state index in [0.29, 0.717) is 6.61 Å². The first-order valence-corrected chi connectivity index (χ1v) is 10.8. The van der Waals surface area contributed by atoms with Crippen LogP contribution in [0.15, 0.2) is 35.7 Å². The van der Waals surface area contributed by atoms with Crippen molar-refractivity contribution in [1.29, 1.82) is 0 Å². The largest absolute Gasteiger partial charge is 0.496 e. The maximum Gasteiger partial charge on any atom is 0.134 e. The van der Waals surface area contributed by atoms with Crippen LogP contribution < -0.4 is 10.1 Å². The van der Waals surface area contributed by atoms with Crippen molar-refractivity contribution in [1.82, 2.24) is 5.32 Å². The molecule has 0 amide bonds. The number of hydrogen-bond donors (Lipinski definition) is 1. The van der Waals surface area contributed by atoms with Crippen molar-refractivity contribution >= 4 is 11.3 Å². The van der Waals surface area contributed by atoms with Crippen molar-refractivity contribution in [2.45, 2.75) is 43.2 Å². The van der Waals surface area contributed by atoms with Gasteiger partial charge in [0, 0.05) is 31.6 Å². The zero-order valence-corrected chi connectivity index (χ0v) is 17.2. The molecular weight excluding hydrogens is 377 g/mol. The van der Waals surface area contributed by atoms with Crippen LogP contribution in [0, 0.1) is 5.82 Å². The molecule has 2 saturated heterocycles. The zero-order chi connectivity index (χ0) is 19.5. The van der Waals surface area contributed by atoms with E-state index < -0.39 is 0 Å². The minimum Gasteiger partial charge on any atom is -0.496 e. The van der Waals surface area contributed by atoms with Crippen LogP contribution in [0.4, 0.5) is 4.39 Å². The van der Waals surface area contributed by atoms with E-state index in [1.807, 2.05) is 18.2 Å². The highest BCUT2D eigenvalue weighted by atomic mass is 32.1. The highest BCUT2D eigenvalue weighted by Crippen LogP contribution is 2.46. The Labute approximate surface area is 170 Å². The average molecular weight is 406 g/mol. The fourth-order valence-electron chi connectivity index (χ4n) is 4.64. The van der Waals surface area contributed by atoms with Gasteiger partial charge in [0.1, 0.15) is 11.6 Å². The molecular formula is C22H28FNO3S. The second-order valence-electron chi connectivity index (χ2n) is 7.89. The quantitative estimate of drug-likeness (QED) is 0.698. The normalized spacial score (nSPS) is 27.4. The molecule has 0 bridgehead atoms. The van der Waals surface area contributed by atoms with Gasteiger partial charge in [0.25, 0.3) is 0 Å². The molecule has 0 saturated carbocycles. The van der Waals surface area contributed by atoms with Crippen LogP contribution in [0.25, 0.3) is 0 Å². The standard InChI is InChI=1S/C22H28FNO3S/c1-25-19-6-13-28-20(19)14-24-10-7-21(17-2-4-18(23)5-3-17)8-12-27-22(15-21)9-11-26-16-22/h2-6,13,24H,7-12,14-16H2,1H3/t21-,22-/m1/s1. The molecule has 1 aromatic carbocycles. The van der Waals surface area contributed by atoms with Crippen LogP contribution in [-0.2, 0) is 21.4 Å². The second kappa shape index (κ2) is 8.49. The highest BCUT2D eigenvalue weighted by molar-refractivity contribution is 7.10. The van der Waals surface area contributed by atoms with Crippen LogP contribution in [-0.4, -0.2) is 39.1 Å². The Morgan fingerprint density at radius 2 is 2.04 bits per heavy atom. The predicted molar refractivity (Wildman–Crippen MR) is 109 cm³/mol. The molecule has 0 radical (unpaired) electrons. The smallest absolute Gasteiger partial charge is 0.134 e. The summed E-state index contributed by atoms with van der Waals surface area (Å²) in [5, 5.41) is 5.63. The monoisotopic (exact) mass is 405 g/mol. The molecule has 1 spiro atoms. The second-order valence-corrected chi connectivity index (χ2v) is 8.89. The lowest BCUT2D eigenvalue weighted by Crippen LogP contribution is -2.49. The van der Waals surface area contributed by atoms with E-state index in [-0.39, 0.29) is 16.8 Å². The van der Waals surface area contributed by atoms with E-state index in [9.17, 15) is 4.39 Å². The zero-order valence-electron chi connectivity index (χ0n) is 16.3. The Morgan fingerprint density at radius 3 is 2.79 bits per heavy atom. The van der Waals surface area contributed by atoms with Crippen LogP contribution in [0.3, 0.4) is 0 Å². The Bertz CT molecular complexity index is 772. The third-order valence-corrected chi connectivity index (χ3v) is 7.07. The lowest BCUT2D eigenvalue weighted by Gasteiger charge is -2.46. The summed E-state index contributed by atoms with van der Waals surface area (Å²) in [7, 11) is 1.71. The molecule has 1 N–H and O–H groups in total. The van der Waals surface area contributed by atoms with Crippen LogP contribution in [0.2, 0.25) is 0 Å². The number of ether oxygens (including phenoxy) is 3. The molecule has 3 heterocycles. The van der Waals surface area contributed by atoms with Gasteiger partial charge in [-0.1, -0.05) is 12.1 Å². The molecule has 2 aliphatic heterocycles. The summed E-state index contributed by atoms with van der Waals surface area (Å²) in [6.07, 6.45) is 3.80. The van der Waals surface area contributed by atoms with Crippen molar-refractivity contribution in [2.75, 3.05) is 33.5 Å². The minimum atomic E-state index is -0.191. The van der Waals surface area contributed by atoms with Gasteiger partial charge in [0.05, 0.1) is 24.2 Å². The molecule has 2 aliphatic rings. The van der Waals surface area contributed by atoms with Gasteiger partial charge < -0.3 is 19.5 Å². The molecule has 1 aromatic heterocycles. The summed E-state index contributed by atoms with van der Waals surface area (Å²) < 4.78 is 30.8. The van der Waals surface area contributed by atoms with Gasteiger partial charge in [-0.05, 0) is 54.9 Å². The molecule has 4 rings (SSSR count). The van der Waals surface area contributed by atoms with Crippen molar-refractivity contribution in [3.05, 3.63) is 52.0 Å². The maximum atomic E-state index is 13.5. The molecule has 2 aromatic rings. The van der Waals surface area contributed by atoms with Gasteiger partial charge in [-0.15, -0.1) is 11.3 Å². The number of rotatable bonds is 7. The fourth-order valence-corrected chi connectivity index (χ4v) is 5.45. The number of hydrogen-bond acceptors (Lipinski definition) is 5. The lowest BCUT2D eigenvalue weighted by atomic mass is 9.66. The van der Waals surface area contributed by atoms with Gasteiger partial charge in [-0.25, -0.2) is 4.39 Å². The number of thiophene rings is 1. The minimum absolute atomic E-state index is 0.0216. The van der Waals surface area contributed by atoms with E-state index in [2.05, 4.69) is 10.7 Å². The number of benzene rings is 1. The fraction of sp³-hybridized carbons (Fsp3) is 0.545. The van der Waals surface area contributed by atoms with E-state index in [0.717, 1.165) is 57.7 Å². The predicted octanol–water partition coefficient (Wildman–Crippen LogP) is 4.28. The molecule has 4 nitrogen and oxygen atoms in total. The first kappa shape index (κ1) is 19.8. The van der Waals surface area contributed by atoms with Gasteiger partial charge >= 0.3 is 0 Å². The van der Waals surface area contributed by atoms with Crippen LogP contribution in [0.5, 0.6) is 5.75 Å².